The minimum atomic E-state index is 0.107. The summed E-state index contributed by atoms with van der Waals surface area (Å²) in [4.78, 5) is 6.23. The van der Waals surface area contributed by atoms with Gasteiger partial charge in [0.2, 0.25) is 0 Å². The standard InChI is InChI=1S/C11H20N4O/c1-2-3-6-15(7-8-16)10-5-4-9(12)11(13)14-10/h4-5,16H,2-3,6-8,12H2,1H3,(H2,13,14). The molecular formula is C11H20N4O. The number of anilines is 3. The zero-order valence-electron chi connectivity index (χ0n) is 9.69. The number of unbranched alkanes of at least 4 members (excludes halogenated alkanes) is 1. The minimum absolute atomic E-state index is 0.107. The molecule has 0 aliphatic heterocycles. The molecule has 0 spiro atoms. The Morgan fingerprint density at radius 1 is 1.31 bits per heavy atom. The third-order valence-corrected chi connectivity index (χ3v) is 2.42. The largest absolute Gasteiger partial charge is 0.396 e. The number of hydrogen-bond acceptors (Lipinski definition) is 5. The van der Waals surface area contributed by atoms with E-state index in [4.69, 9.17) is 16.6 Å². The van der Waals surface area contributed by atoms with Gasteiger partial charge in [0, 0.05) is 13.1 Å². The smallest absolute Gasteiger partial charge is 0.149 e. The third-order valence-electron chi connectivity index (χ3n) is 2.42. The van der Waals surface area contributed by atoms with Crippen LogP contribution in [0.4, 0.5) is 17.3 Å². The number of aromatic nitrogens is 1. The van der Waals surface area contributed by atoms with Gasteiger partial charge in [0.1, 0.15) is 11.6 Å². The van der Waals surface area contributed by atoms with E-state index in [0.29, 0.717) is 18.1 Å². The molecular weight excluding hydrogens is 204 g/mol. The number of pyridine rings is 1. The van der Waals surface area contributed by atoms with Crippen LogP contribution in [-0.4, -0.2) is 29.8 Å². The molecule has 0 fully saturated rings. The second-order valence-electron chi connectivity index (χ2n) is 3.71. The summed E-state index contributed by atoms with van der Waals surface area (Å²) in [6.07, 6.45) is 2.17. The molecule has 0 radical (unpaired) electrons. The van der Waals surface area contributed by atoms with Crippen LogP contribution in [0.15, 0.2) is 12.1 Å². The highest BCUT2D eigenvalue weighted by Gasteiger charge is 2.08. The quantitative estimate of drug-likeness (QED) is 0.666. The second kappa shape index (κ2) is 6.17. The van der Waals surface area contributed by atoms with Crippen LogP contribution in [-0.2, 0) is 0 Å². The van der Waals surface area contributed by atoms with Gasteiger partial charge in [-0.15, -0.1) is 0 Å². The molecule has 90 valence electrons. The zero-order valence-corrected chi connectivity index (χ0v) is 9.69. The van der Waals surface area contributed by atoms with Gasteiger partial charge in [0.15, 0.2) is 0 Å². The molecule has 0 unspecified atom stereocenters. The number of rotatable bonds is 6. The van der Waals surface area contributed by atoms with Crippen LogP contribution in [0.3, 0.4) is 0 Å². The van der Waals surface area contributed by atoms with Crippen LogP contribution in [0.25, 0.3) is 0 Å². The summed E-state index contributed by atoms with van der Waals surface area (Å²) < 4.78 is 0. The summed E-state index contributed by atoms with van der Waals surface area (Å²) in [5.41, 5.74) is 11.8. The topological polar surface area (TPSA) is 88.4 Å². The maximum atomic E-state index is 9.00. The van der Waals surface area contributed by atoms with Crippen molar-refractivity contribution in [3.05, 3.63) is 12.1 Å². The molecule has 0 saturated carbocycles. The summed E-state index contributed by atoms with van der Waals surface area (Å²) in [5, 5.41) is 9.00. The number of aliphatic hydroxyl groups is 1. The van der Waals surface area contributed by atoms with Crippen molar-refractivity contribution in [3.8, 4) is 0 Å². The van der Waals surface area contributed by atoms with Crippen LogP contribution in [0.1, 0.15) is 19.8 Å². The predicted octanol–water partition coefficient (Wildman–Crippen LogP) is 0.845. The van der Waals surface area contributed by atoms with E-state index >= 15 is 0 Å². The monoisotopic (exact) mass is 224 g/mol. The Morgan fingerprint density at radius 2 is 2.06 bits per heavy atom. The van der Waals surface area contributed by atoms with E-state index in [0.717, 1.165) is 25.2 Å². The molecule has 1 aromatic rings. The van der Waals surface area contributed by atoms with E-state index in [2.05, 4.69) is 11.9 Å². The van der Waals surface area contributed by atoms with E-state index < -0.39 is 0 Å². The fraction of sp³-hybridized carbons (Fsp3) is 0.545. The molecule has 0 bridgehead atoms. The van der Waals surface area contributed by atoms with Gasteiger partial charge < -0.3 is 21.5 Å². The van der Waals surface area contributed by atoms with Crippen molar-refractivity contribution in [2.24, 2.45) is 0 Å². The molecule has 1 heterocycles. The van der Waals surface area contributed by atoms with Crippen molar-refractivity contribution < 1.29 is 5.11 Å². The number of hydrogen-bond donors (Lipinski definition) is 3. The normalized spacial score (nSPS) is 10.4. The number of nitrogens with two attached hydrogens (primary N) is 2. The lowest BCUT2D eigenvalue weighted by Crippen LogP contribution is -2.28. The predicted molar refractivity (Wildman–Crippen MR) is 67.3 cm³/mol. The van der Waals surface area contributed by atoms with E-state index in [1.807, 2.05) is 11.0 Å². The van der Waals surface area contributed by atoms with Gasteiger partial charge in [0.05, 0.1) is 12.3 Å². The molecule has 16 heavy (non-hydrogen) atoms. The van der Waals surface area contributed by atoms with Crippen LogP contribution in [0.2, 0.25) is 0 Å². The fourth-order valence-corrected chi connectivity index (χ4v) is 1.46. The fourth-order valence-electron chi connectivity index (χ4n) is 1.46. The van der Waals surface area contributed by atoms with Gasteiger partial charge in [-0.05, 0) is 18.6 Å². The molecule has 5 heteroatoms. The number of nitrogens with zero attached hydrogens (tertiary/aromatic N) is 2. The molecule has 0 aliphatic carbocycles. The SMILES string of the molecule is CCCCN(CCO)c1ccc(N)c(N)n1. The van der Waals surface area contributed by atoms with Gasteiger partial charge in [-0.25, -0.2) is 4.98 Å². The van der Waals surface area contributed by atoms with Crippen molar-refractivity contribution in [3.63, 3.8) is 0 Å². The maximum Gasteiger partial charge on any atom is 0.149 e. The highest BCUT2D eigenvalue weighted by molar-refractivity contribution is 5.62. The van der Waals surface area contributed by atoms with Crippen molar-refractivity contribution in [2.75, 3.05) is 36.1 Å². The highest BCUT2D eigenvalue weighted by atomic mass is 16.3. The average molecular weight is 224 g/mol. The van der Waals surface area contributed by atoms with Gasteiger partial charge in [-0.2, -0.15) is 0 Å². The second-order valence-corrected chi connectivity index (χ2v) is 3.71. The Balaban J connectivity index is 2.78. The average Bonchev–Trinajstić information content (AvgIpc) is 2.28. The molecule has 0 amide bonds. The summed E-state index contributed by atoms with van der Waals surface area (Å²) in [5.74, 6) is 1.12. The lowest BCUT2D eigenvalue weighted by molar-refractivity contribution is 0.301. The van der Waals surface area contributed by atoms with E-state index in [-0.39, 0.29) is 6.61 Å². The molecule has 0 saturated heterocycles. The van der Waals surface area contributed by atoms with Gasteiger partial charge in [-0.3, -0.25) is 0 Å². The molecule has 5 N–H and O–H groups in total. The Kier molecular flexibility index (Phi) is 4.85. The first kappa shape index (κ1) is 12.6. The molecule has 0 aromatic carbocycles. The van der Waals surface area contributed by atoms with Crippen molar-refractivity contribution in [2.45, 2.75) is 19.8 Å². The third kappa shape index (κ3) is 3.27. The van der Waals surface area contributed by atoms with Crippen molar-refractivity contribution in [1.82, 2.24) is 4.98 Å². The first-order chi connectivity index (χ1) is 7.69. The van der Waals surface area contributed by atoms with Crippen LogP contribution < -0.4 is 16.4 Å². The first-order valence-electron chi connectivity index (χ1n) is 5.56. The maximum absolute atomic E-state index is 9.00. The van der Waals surface area contributed by atoms with E-state index in [9.17, 15) is 0 Å². The van der Waals surface area contributed by atoms with Crippen LogP contribution in [0, 0.1) is 0 Å². The number of aliphatic hydroxyl groups excluding tert-OH is 1. The minimum Gasteiger partial charge on any atom is -0.396 e. The van der Waals surface area contributed by atoms with E-state index in [1.54, 1.807) is 6.07 Å². The Labute approximate surface area is 96.1 Å². The Morgan fingerprint density at radius 3 is 2.62 bits per heavy atom. The van der Waals surface area contributed by atoms with Gasteiger partial charge in [0.25, 0.3) is 0 Å². The highest BCUT2D eigenvalue weighted by Crippen LogP contribution is 2.18. The van der Waals surface area contributed by atoms with Crippen LogP contribution >= 0.6 is 0 Å². The molecule has 0 aliphatic rings. The molecule has 1 rings (SSSR count). The Hall–Kier alpha value is -1.49. The van der Waals surface area contributed by atoms with Gasteiger partial charge in [-0.1, -0.05) is 13.3 Å². The van der Waals surface area contributed by atoms with E-state index in [1.165, 1.54) is 0 Å². The Bertz CT molecular complexity index is 330. The first-order valence-corrected chi connectivity index (χ1v) is 5.56. The summed E-state index contributed by atoms with van der Waals surface area (Å²) >= 11 is 0. The number of nitrogen functional groups attached to an aromatic ring is 2. The summed E-state index contributed by atoms with van der Waals surface area (Å²) in [6.45, 7) is 3.67. The summed E-state index contributed by atoms with van der Waals surface area (Å²) in [7, 11) is 0. The lowest BCUT2D eigenvalue weighted by Gasteiger charge is -2.23. The summed E-state index contributed by atoms with van der Waals surface area (Å²) in [6, 6.07) is 3.57. The van der Waals surface area contributed by atoms with Crippen LogP contribution in [0.5, 0.6) is 0 Å². The van der Waals surface area contributed by atoms with Gasteiger partial charge >= 0.3 is 0 Å². The molecule has 0 atom stereocenters. The van der Waals surface area contributed by atoms with Crippen molar-refractivity contribution >= 4 is 17.3 Å². The zero-order chi connectivity index (χ0) is 12.0. The molecule has 1 aromatic heterocycles. The lowest BCUT2D eigenvalue weighted by atomic mass is 10.3. The molecule has 5 nitrogen and oxygen atoms in total. The van der Waals surface area contributed by atoms with Crippen molar-refractivity contribution in [1.29, 1.82) is 0 Å².